The minimum absolute atomic E-state index is 1.03. The first kappa shape index (κ1) is 19.7. The van der Waals surface area contributed by atoms with Crippen LogP contribution in [0, 0.1) is 0 Å². The number of pyridine rings is 1. The van der Waals surface area contributed by atoms with E-state index in [1.54, 1.807) is 0 Å². The first-order chi connectivity index (χ1) is 12.7. The van der Waals surface area contributed by atoms with E-state index >= 15 is 0 Å². The third kappa shape index (κ3) is 4.44. The summed E-state index contributed by atoms with van der Waals surface area (Å²) in [7, 11) is 7.42. The Balaban J connectivity index is 2.20. The molecular weight excluding hydrogens is 346 g/mol. The first-order valence-electron chi connectivity index (χ1n) is 9.91. The molecule has 0 saturated carbocycles. The Morgan fingerprint density at radius 3 is 1.63 bits per heavy atom. The van der Waals surface area contributed by atoms with Gasteiger partial charge in [0.15, 0.2) is 0 Å². The van der Waals surface area contributed by atoms with E-state index in [2.05, 4.69) is 105 Å². The second-order valence-corrected chi connectivity index (χ2v) is 14.9. The van der Waals surface area contributed by atoms with Gasteiger partial charge in [0.2, 0.25) is 11.0 Å². The van der Waals surface area contributed by atoms with E-state index in [4.69, 9.17) is 0 Å². The SMILES string of the molecule is CN(C)c1ccc2cc3ccc(N(C)C)cc3[n+](CCC[Si](C)(C)C)c2c1. The van der Waals surface area contributed by atoms with E-state index in [0.29, 0.717) is 0 Å². The Bertz CT molecular complexity index is 889. The average Bonchev–Trinajstić information content (AvgIpc) is 2.59. The molecular formula is C23H34N3Si+. The highest BCUT2D eigenvalue weighted by atomic mass is 28.3. The van der Waals surface area contributed by atoms with Gasteiger partial charge in [0.1, 0.15) is 6.54 Å². The standard InChI is InChI=1S/C23H34N3Si/c1-24(2)20-11-9-18-15-19-10-12-21(25(3)4)17-23(19)26(22(18)16-20)13-8-14-27(5,6)7/h9-12,15-17H,8,13-14H2,1-7H3/q+1. The van der Waals surface area contributed by atoms with Gasteiger partial charge in [-0.15, -0.1) is 0 Å². The smallest absolute Gasteiger partial charge is 0.215 e. The monoisotopic (exact) mass is 380 g/mol. The number of aromatic nitrogens is 1. The molecule has 3 nitrogen and oxygen atoms in total. The van der Waals surface area contributed by atoms with Crippen LogP contribution in [-0.4, -0.2) is 36.3 Å². The quantitative estimate of drug-likeness (QED) is 0.333. The second-order valence-electron chi connectivity index (χ2n) is 9.24. The van der Waals surface area contributed by atoms with Crippen LogP contribution in [0.1, 0.15) is 6.42 Å². The summed E-state index contributed by atoms with van der Waals surface area (Å²) in [4.78, 5) is 4.37. The Hall–Kier alpha value is -2.07. The molecule has 0 fully saturated rings. The van der Waals surface area contributed by atoms with Crippen LogP contribution in [-0.2, 0) is 6.54 Å². The molecule has 0 aliphatic heterocycles. The molecule has 3 aromatic rings. The zero-order valence-electron chi connectivity index (χ0n) is 18.0. The first-order valence-corrected chi connectivity index (χ1v) is 13.6. The van der Waals surface area contributed by atoms with Gasteiger partial charge in [0, 0.05) is 77.0 Å². The average molecular weight is 381 g/mol. The molecule has 1 heterocycles. The van der Waals surface area contributed by atoms with Gasteiger partial charge in [-0.2, -0.15) is 4.57 Å². The number of benzene rings is 2. The molecule has 0 saturated heterocycles. The third-order valence-electron chi connectivity index (χ3n) is 5.26. The van der Waals surface area contributed by atoms with Crippen molar-refractivity contribution in [3.63, 3.8) is 0 Å². The van der Waals surface area contributed by atoms with Gasteiger partial charge in [-0.3, -0.25) is 0 Å². The summed E-state index contributed by atoms with van der Waals surface area (Å²) in [5.74, 6) is 0. The number of hydrogen-bond acceptors (Lipinski definition) is 2. The van der Waals surface area contributed by atoms with E-state index in [9.17, 15) is 0 Å². The van der Waals surface area contributed by atoms with Crippen LogP contribution in [0.15, 0.2) is 42.5 Å². The molecule has 0 amide bonds. The van der Waals surface area contributed by atoms with E-state index in [1.165, 1.54) is 45.6 Å². The van der Waals surface area contributed by atoms with Crippen molar-refractivity contribution in [2.24, 2.45) is 0 Å². The molecule has 0 radical (unpaired) electrons. The van der Waals surface area contributed by atoms with Gasteiger partial charge < -0.3 is 9.80 Å². The highest BCUT2D eigenvalue weighted by Gasteiger charge is 2.19. The lowest BCUT2D eigenvalue weighted by atomic mass is 10.1. The highest BCUT2D eigenvalue weighted by molar-refractivity contribution is 6.76. The minimum atomic E-state index is -1.03. The number of nitrogens with zero attached hydrogens (tertiary/aromatic N) is 3. The van der Waals surface area contributed by atoms with E-state index in [-0.39, 0.29) is 0 Å². The van der Waals surface area contributed by atoms with Crippen molar-refractivity contribution in [1.82, 2.24) is 0 Å². The molecule has 0 spiro atoms. The summed E-state index contributed by atoms with van der Waals surface area (Å²) >= 11 is 0. The molecule has 0 aliphatic rings. The minimum Gasteiger partial charge on any atom is -0.377 e. The topological polar surface area (TPSA) is 10.4 Å². The number of fused-ring (bicyclic) bond motifs is 2. The molecule has 4 heteroatoms. The van der Waals surface area contributed by atoms with Crippen molar-refractivity contribution in [3.8, 4) is 0 Å². The summed E-state index contributed by atoms with van der Waals surface area (Å²) in [6, 6.07) is 17.3. The van der Waals surface area contributed by atoms with E-state index in [0.717, 1.165) is 6.54 Å². The summed E-state index contributed by atoms with van der Waals surface area (Å²) in [5.41, 5.74) is 5.18. The molecule has 1 aromatic heterocycles. The van der Waals surface area contributed by atoms with Gasteiger partial charge in [0.25, 0.3) is 0 Å². The van der Waals surface area contributed by atoms with Crippen molar-refractivity contribution >= 4 is 41.3 Å². The predicted molar refractivity (Wildman–Crippen MR) is 123 cm³/mol. The summed E-state index contributed by atoms with van der Waals surface area (Å²) in [5, 5.41) is 2.64. The fourth-order valence-electron chi connectivity index (χ4n) is 3.64. The molecule has 2 aromatic carbocycles. The van der Waals surface area contributed by atoms with Gasteiger partial charge in [-0.25, -0.2) is 0 Å². The molecule has 27 heavy (non-hydrogen) atoms. The van der Waals surface area contributed by atoms with Gasteiger partial charge in [-0.05, 0) is 30.3 Å². The number of anilines is 2. The maximum Gasteiger partial charge on any atom is 0.215 e. The molecule has 0 unspecified atom stereocenters. The number of aryl methyl sites for hydroxylation is 1. The van der Waals surface area contributed by atoms with Crippen molar-refractivity contribution in [2.75, 3.05) is 38.0 Å². The molecule has 0 N–H and O–H groups in total. The van der Waals surface area contributed by atoms with Crippen molar-refractivity contribution in [3.05, 3.63) is 42.5 Å². The normalized spacial score (nSPS) is 12.0. The van der Waals surface area contributed by atoms with Gasteiger partial charge in [-0.1, -0.05) is 25.7 Å². The van der Waals surface area contributed by atoms with Crippen molar-refractivity contribution in [2.45, 2.75) is 38.7 Å². The fraction of sp³-hybridized carbons (Fsp3) is 0.435. The molecule has 0 aliphatic carbocycles. The van der Waals surface area contributed by atoms with Crippen LogP contribution in [0.25, 0.3) is 21.8 Å². The Morgan fingerprint density at radius 1 is 0.741 bits per heavy atom. The maximum atomic E-state index is 2.55. The summed E-state index contributed by atoms with van der Waals surface area (Å²) < 4.78 is 2.55. The lowest BCUT2D eigenvalue weighted by Crippen LogP contribution is -2.37. The predicted octanol–water partition coefficient (Wildman–Crippen LogP) is 5.14. The van der Waals surface area contributed by atoms with Crippen LogP contribution in [0.3, 0.4) is 0 Å². The fourth-order valence-corrected chi connectivity index (χ4v) is 4.86. The van der Waals surface area contributed by atoms with E-state index in [1.807, 2.05) is 0 Å². The number of rotatable bonds is 6. The Labute approximate surface area is 165 Å². The van der Waals surface area contributed by atoms with Crippen molar-refractivity contribution in [1.29, 1.82) is 0 Å². The molecule has 0 bridgehead atoms. The number of hydrogen-bond donors (Lipinski definition) is 0. The molecule has 144 valence electrons. The Morgan fingerprint density at radius 2 is 1.22 bits per heavy atom. The lowest BCUT2D eigenvalue weighted by Gasteiger charge is -2.17. The van der Waals surface area contributed by atoms with E-state index < -0.39 is 8.07 Å². The van der Waals surface area contributed by atoms with Crippen molar-refractivity contribution < 1.29 is 4.57 Å². The molecule has 0 atom stereocenters. The summed E-state index contributed by atoms with van der Waals surface area (Å²) in [6.07, 6.45) is 1.24. The van der Waals surface area contributed by atoms with Crippen LogP contribution in [0.2, 0.25) is 25.7 Å². The van der Waals surface area contributed by atoms with Gasteiger partial charge >= 0.3 is 0 Å². The third-order valence-corrected chi connectivity index (χ3v) is 7.12. The van der Waals surface area contributed by atoms with Crippen LogP contribution in [0.5, 0.6) is 0 Å². The zero-order chi connectivity index (χ0) is 19.8. The second kappa shape index (κ2) is 7.51. The molecule has 3 rings (SSSR count). The van der Waals surface area contributed by atoms with Crippen LogP contribution in [0.4, 0.5) is 11.4 Å². The zero-order valence-corrected chi connectivity index (χ0v) is 19.0. The van der Waals surface area contributed by atoms with Crippen LogP contribution >= 0.6 is 0 Å². The van der Waals surface area contributed by atoms with Crippen LogP contribution < -0.4 is 14.4 Å². The Kier molecular flexibility index (Phi) is 5.47. The van der Waals surface area contributed by atoms with Gasteiger partial charge in [0.05, 0.1) is 0 Å². The highest BCUT2D eigenvalue weighted by Crippen LogP contribution is 2.25. The maximum absolute atomic E-state index is 2.55. The lowest BCUT2D eigenvalue weighted by molar-refractivity contribution is -0.645. The largest absolute Gasteiger partial charge is 0.377 e. The summed E-state index contributed by atoms with van der Waals surface area (Å²) in [6.45, 7) is 8.47.